The predicted molar refractivity (Wildman–Crippen MR) is 72.5 cm³/mol. The largest absolute Gasteiger partial charge is 0.493 e. The van der Waals surface area contributed by atoms with Gasteiger partial charge in [0.2, 0.25) is 0 Å². The second-order valence-electron chi connectivity index (χ2n) is 4.64. The van der Waals surface area contributed by atoms with Gasteiger partial charge in [0, 0.05) is 38.8 Å². The van der Waals surface area contributed by atoms with Gasteiger partial charge in [-0.1, -0.05) is 0 Å². The lowest BCUT2D eigenvalue weighted by Gasteiger charge is -2.27. The summed E-state index contributed by atoms with van der Waals surface area (Å²) < 4.78 is 24.2. The molecule has 0 bridgehead atoms. The van der Waals surface area contributed by atoms with Crippen molar-refractivity contribution in [2.45, 2.75) is 6.42 Å². The first kappa shape index (κ1) is 14.1. The topological polar surface area (TPSA) is 33.7 Å². The van der Waals surface area contributed by atoms with Crippen LogP contribution in [0.4, 0.5) is 4.39 Å². The number of hydrogen-bond donors (Lipinski definition) is 1. The van der Waals surface area contributed by atoms with Crippen LogP contribution in [0.15, 0.2) is 12.1 Å². The molecule has 1 aromatic carbocycles. The molecule has 19 heavy (non-hydrogen) atoms. The third-order valence-corrected chi connectivity index (χ3v) is 3.46. The number of nitrogens with one attached hydrogen (secondary N) is 1. The Morgan fingerprint density at radius 1 is 1.16 bits per heavy atom. The van der Waals surface area contributed by atoms with Gasteiger partial charge >= 0.3 is 0 Å². The molecule has 1 aliphatic heterocycles. The quantitative estimate of drug-likeness (QED) is 0.872. The standard InChI is InChI=1S/C14H21FN2O2/c1-18-13-9-11(12(15)10-14(13)19-2)3-6-17-7-4-16-5-8-17/h9-10,16H,3-8H2,1-2H3. The molecule has 0 saturated carbocycles. The monoisotopic (exact) mass is 268 g/mol. The molecule has 4 nitrogen and oxygen atoms in total. The lowest BCUT2D eigenvalue weighted by atomic mass is 10.1. The highest BCUT2D eigenvalue weighted by atomic mass is 19.1. The summed E-state index contributed by atoms with van der Waals surface area (Å²) in [6, 6.07) is 3.13. The van der Waals surface area contributed by atoms with Crippen LogP contribution in [0.2, 0.25) is 0 Å². The molecule has 0 atom stereocenters. The summed E-state index contributed by atoms with van der Waals surface area (Å²) in [6.45, 7) is 4.93. The molecule has 0 aromatic heterocycles. The van der Waals surface area contributed by atoms with E-state index in [1.165, 1.54) is 13.2 Å². The number of piperazine rings is 1. The highest BCUT2D eigenvalue weighted by Gasteiger charge is 2.13. The van der Waals surface area contributed by atoms with Gasteiger partial charge in [0.05, 0.1) is 14.2 Å². The molecule has 0 spiro atoms. The lowest BCUT2D eigenvalue weighted by molar-refractivity contribution is 0.243. The molecule has 0 unspecified atom stereocenters. The van der Waals surface area contributed by atoms with Crippen LogP contribution in [-0.2, 0) is 6.42 Å². The maximum atomic E-state index is 13.9. The Hall–Kier alpha value is -1.33. The zero-order chi connectivity index (χ0) is 13.7. The van der Waals surface area contributed by atoms with E-state index in [0.29, 0.717) is 23.5 Å². The van der Waals surface area contributed by atoms with Gasteiger partial charge in [-0.05, 0) is 18.1 Å². The summed E-state index contributed by atoms with van der Waals surface area (Å²) in [5, 5.41) is 3.31. The van der Waals surface area contributed by atoms with E-state index in [2.05, 4.69) is 10.2 Å². The smallest absolute Gasteiger partial charge is 0.163 e. The summed E-state index contributed by atoms with van der Waals surface area (Å²) in [7, 11) is 3.08. The number of benzene rings is 1. The second kappa shape index (κ2) is 6.73. The molecule has 1 fully saturated rings. The summed E-state index contributed by atoms with van der Waals surface area (Å²) in [5.74, 6) is 0.790. The van der Waals surface area contributed by atoms with E-state index in [4.69, 9.17) is 9.47 Å². The van der Waals surface area contributed by atoms with E-state index < -0.39 is 0 Å². The van der Waals surface area contributed by atoms with Crippen molar-refractivity contribution in [3.05, 3.63) is 23.5 Å². The Morgan fingerprint density at radius 2 is 1.79 bits per heavy atom. The van der Waals surface area contributed by atoms with Crippen LogP contribution in [0, 0.1) is 5.82 Å². The Balaban J connectivity index is 2.02. The molecule has 106 valence electrons. The Labute approximate surface area is 113 Å². The molecule has 1 N–H and O–H groups in total. The van der Waals surface area contributed by atoms with E-state index in [1.807, 2.05) is 0 Å². The van der Waals surface area contributed by atoms with Gasteiger partial charge in [0.15, 0.2) is 11.5 Å². The van der Waals surface area contributed by atoms with Crippen LogP contribution in [0.1, 0.15) is 5.56 Å². The lowest BCUT2D eigenvalue weighted by Crippen LogP contribution is -2.44. The zero-order valence-corrected chi connectivity index (χ0v) is 11.5. The molecule has 1 saturated heterocycles. The molecular formula is C14H21FN2O2. The van der Waals surface area contributed by atoms with Crippen molar-refractivity contribution in [1.82, 2.24) is 10.2 Å². The third kappa shape index (κ3) is 3.58. The minimum Gasteiger partial charge on any atom is -0.493 e. The van der Waals surface area contributed by atoms with Gasteiger partial charge in [0.25, 0.3) is 0 Å². The molecule has 2 rings (SSSR count). The van der Waals surface area contributed by atoms with Gasteiger partial charge in [-0.25, -0.2) is 4.39 Å². The first-order valence-corrected chi connectivity index (χ1v) is 6.58. The Bertz CT molecular complexity index is 420. The van der Waals surface area contributed by atoms with Gasteiger partial charge in [-0.3, -0.25) is 0 Å². The van der Waals surface area contributed by atoms with Crippen molar-refractivity contribution < 1.29 is 13.9 Å². The van der Waals surface area contributed by atoms with E-state index in [9.17, 15) is 4.39 Å². The second-order valence-corrected chi connectivity index (χ2v) is 4.64. The maximum absolute atomic E-state index is 13.9. The third-order valence-electron chi connectivity index (χ3n) is 3.46. The summed E-state index contributed by atoms with van der Waals surface area (Å²) in [6.07, 6.45) is 0.687. The van der Waals surface area contributed by atoms with Crippen molar-refractivity contribution in [1.29, 1.82) is 0 Å². The Kier molecular flexibility index (Phi) is 4.99. The number of methoxy groups -OCH3 is 2. The fourth-order valence-corrected chi connectivity index (χ4v) is 2.30. The van der Waals surface area contributed by atoms with Gasteiger partial charge in [-0.15, -0.1) is 0 Å². The fourth-order valence-electron chi connectivity index (χ4n) is 2.30. The number of nitrogens with zero attached hydrogens (tertiary/aromatic N) is 1. The average Bonchev–Trinajstić information content (AvgIpc) is 2.46. The van der Waals surface area contributed by atoms with Crippen molar-refractivity contribution in [2.75, 3.05) is 46.9 Å². The maximum Gasteiger partial charge on any atom is 0.163 e. The van der Waals surface area contributed by atoms with Crippen molar-refractivity contribution in [2.24, 2.45) is 0 Å². The van der Waals surface area contributed by atoms with Gasteiger partial charge in [0.1, 0.15) is 5.82 Å². The van der Waals surface area contributed by atoms with Gasteiger partial charge < -0.3 is 19.7 Å². The van der Waals surface area contributed by atoms with E-state index in [-0.39, 0.29) is 5.82 Å². The van der Waals surface area contributed by atoms with Crippen LogP contribution in [-0.4, -0.2) is 51.8 Å². The van der Waals surface area contributed by atoms with E-state index in [0.717, 1.165) is 32.7 Å². The highest BCUT2D eigenvalue weighted by molar-refractivity contribution is 5.43. The van der Waals surface area contributed by atoms with Crippen molar-refractivity contribution in [3.8, 4) is 11.5 Å². The van der Waals surface area contributed by atoms with Crippen molar-refractivity contribution >= 4 is 0 Å². The minimum absolute atomic E-state index is 0.229. The average molecular weight is 268 g/mol. The highest BCUT2D eigenvalue weighted by Crippen LogP contribution is 2.30. The summed E-state index contributed by atoms with van der Waals surface area (Å²) >= 11 is 0. The number of halogens is 1. The normalized spacial score (nSPS) is 16.4. The number of rotatable bonds is 5. The zero-order valence-electron chi connectivity index (χ0n) is 11.5. The first-order chi connectivity index (χ1) is 9.24. The number of hydrogen-bond acceptors (Lipinski definition) is 4. The minimum atomic E-state index is -0.229. The molecular weight excluding hydrogens is 247 g/mol. The van der Waals surface area contributed by atoms with Gasteiger partial charge in [-0.2, -0.15) is 0 Å². The fraction of sp³-hybridized carbons (Fsp3) is 0.571. The van der Waals surface area contributed by atoms with E-state index >= 15 is 0 Å². The first-order valence-electron chi connectivity index (χ1n) is 6.58. The van der Waals surface area contributed by atoms with Crippen LogP contribution >= 0.6 is 0 Å². The molecule has 0 radical (unpaired) electrons. The Morgan fingerprint density at radius 3 is 2.42 bits per heavy atom. The van der Waals surface area contributed by atoms with Crippen LogP contribution < -0.4 is 14.8 Å². The molecule has 1 aromatic rings. The number of ether oxygens (including phenoxy) is 2. The molecule has 5 heteroatoms. The summed E-state index contributed by atoms with van der Waals surface area (Å²) in [5.41, 5.74) is 0.677. The molecule has 0 amide bonds. The summed E-state index contributed by atoms with van der Waals surface area (Å²) in [4.78, 5) is 2.34. The molecule has 1 aliphatic rings. The SMILES string of the molecule is COc1cc(F)c(CCN2CCNCC2)cc1OC. The predicted octanol–water partition coefficient (Wildman–Crippen LogP) is 1.29. The molecule has 0 aliphatic carbocycles. The van der Waals surface area contributed by atoms with Crippen LogP contribution in [0.5, 0.6) is 11.5 Å². The van der Waals surface area contributed by atoms with Crippen LogP contribution in [0.25, 0.3) is 0 Å². The molecule has 1 heterocycles. The van der Waals surface area contributed by atoms with E-state index in [1.54, 1.807) is 13.2 Å². The van der Waals surface area contributed by atoms with Crippen LogP contribution in [0.3, 0.4) is 0 Å². The van der Waals surface area contributed by atoms with Crippen molar-refractivity contribution in [3.63, 3.8) is 0 Å².